The maximum absolute atomic E-state index is 12.4. The highest BCUT2D eigenvalue weighted by molar-refractivity contribution is 5.96. The largest absolute Gasteiger partial charge is 0.343 e. The standard InChI is InChI=1S/C25H33N5O4/c1-18(31)28-25(14-4-2-3-5-15-25)24-27-22(34-29-24)13-12-21(32)26-20-10-8-19(9-11-20)23(33)30-16-6-7-17-30/h8-11H,2-7,12-17H2,1H3,(H,26,32)(H,28,31). The molecular formula is C25H33N5O4. The van der Waals surface area contributed by atoms with Crippen LogP contribution in [0.3, 0.4) is 0 Å². The van der Waals surface area contributed by atoms with Crippen molar-refractivity contribution in [3.05, 3.63) is 41.5 Å². The number of nitrogens with zero attached hydrogens (tertiary/aromatic N) is 3. The lowest BCUT2D eigenvalue weighted by Gasteiger charge is -2.30. The summed E-state index contributed by atoms with van der Waals surface area (Å²) in [5, 5.41) is 10.1. The minimum absolute atomic E-state index is 0.0354. The number of carbonyl (C=O) groups is 3. The van der Waals surface area contributed by atoms with Gasteiger partial charge in [-0.15, -0.1) is 0 Å². The van der Waals surface area contributed by atoms with Crippen LogP contribution in [0.4, 0.5) is 5.69 Å². The van der Waals surface area contributed by atoms with Crippen molar-refractivity contribution in [3.63, 3.8) is 0 Å². The SMILES string of the molecule is CC(=O)NC1(c2noc(CCC(=O)Nc3ccc(C(=O)N4CCCC4)cc3)n2)CCCCCC1. The second-order valence-corrected chi connectivity index (χ2v) is 9.31. The zero-order chi connectivity index (χ0) is 24.0. The predicted octanol–water partition coefficient (Wildman–Crippen LogP) is 3.56. The van der Waals surface area contributed by atoms with Crippen LogP contribution in [0.15, 0.2) is 28.8 Å². The lowest BCUT2D eigenvalue weighted by Crippen LogP contribution is -2.45. The number of benzene rings is 1. The van der Waals surface area contributed by atoms with E-state index in [9.17, 15) is 14.4 Å². The fourth-order valence-electron chi connectivity index (χ4n) is 4.87. The first-order valence-corrected chi connectivity index (χ1v) is 12.3. The summed E-state index contributed by atoms with van der Waals surface area (Å²) in [5.74, 6) is 0.627. The van der Waals surface area contributed by atoms with Crippen LogP contribution < -0.4 is 10.6 Å². The molecule has 182 valence electrons. The molecule has 1 aromatic carbocycles. The van der Waals surface area contributed by atoms with E-state index in [-0.39, 0.29) is 24.1 Å². The van der Waals surface area contributed by atoms with Gasteiger partial charge < -0.3 is 20.1 Å². The van der Waals surface area contributed by atoms with Gasteiger partial charge in [-0.2, -0.15) is 4.98 Å². The molecule has 1 saturated heterocycles. The van der Waals surface area contributed by atoms with Crippen molar-refractivity contribution >= 4 is 23.4 Å². The Morgan fingerprint density at radius 3 is 2.32 bits per heavy atom. The van der Waals surface area contributed by atoms with Gasteiger partial charge in [0.05, 0.1) is 0 Å². The molecule has 2 fully saturated rings. The summed E-state index contributed by atoms with van der Waals surface area (Å²) in [6.07, 6.45) is 8.39. The van der Waals surface area contributed by atoms with Crippen LogP contribution in [-0.2, 0) is 21.5 Å². The molecule has 1 aromatic heterocycles. The molecule has 2 heterocycles. The average molecular weight is 468 g/mol. The first-order valence-electron chi connectivity index (χ1n) is 12.3. The summed E-state index contributed by atoms with van der Waals surface area (Å²) < 4.78 is 5.42. The minimum Gasteiger partial charge on any atom is -0.343 e. The lowest BCUT2D eigenvalue weighted by atomic mass is 9.89. The fraction of sp³-hybridized carbons (Fsp3) is 0.560. The predicted molar refractivity (Wildman–Crippen MR) is 126 cm³/mol. The molecule has 1 saturated carbocycles. The highest BCUT2D eigenvalue weighted by atomic mass is 16.5. The summed E-state index contributed by atoms with van der Waals surface area (Å²) in [6.45, 7) is 3.12. The molecular weight excluding hydrogens is 434 g/mol. The number of aryl methyl sites for hydroxylation is 1. The second-order valence-electron chi connectivity index (χ2n) is 9.31. The molecule has 1 aliphatic heterocycles. The van der Waals surface area contributed by atoms with Gasteiger partial charge in [0.15, 0.2) is 5.82 Å². The Labute approximate surface area is 199 Å². The average Bonchev–Trinajstić information content (AvgIpc) is 3.48. The van der Waals surface area contributed by atoms with Gasteiger partial charge in [0.1, 0.15) is 5.54 Å². The maximum Gasteiger partial charge on any atom is 0.253 e. The molecule has 9 heteroatoms. The Hall–Kier alpha value is -3.23. The number of aromatic nitrogens is 2. The zero-order valence-electron chi connectivity index (χ0n) is 19.8. The molecule has 0 atom stereocenters. The van der Waals surface area contributed by atoms with Crippen LogP contribution in [0.25, 0.3) is 0 Å². The van der Waals surface area contributed by atoms with Crippen LogP contribution >= 0.6 is 0 Å². The van der Waals surface area contributed by atoms with Crippen molar-refractivity contribution in [2.75, 3.05) is 18.4 Å². The van der Waals surface area contributed by atoms with Crippen LogP contribution in [0.1, 0.15) is 86.8 Å². The Morgan fingerprint density at radius 2 is 1.68 bits per heavy atom. The Balaban J connectivity index is 1.32. The number of likely N-dealkylation sites (tertiary alicyclic amines) is 1. The van der Waals surface area contributed by atoms with Gasteiger partial charge in [-0.3, -0.25) is 14.4 Å². The van der Waals surface area contributed by atoms with E-state index in [1.165, 1.54) is 6.92 Å². The maximum atomic E-state index is 12.4. The first kappa shape index (κ1) is 23.9. The minimum atomic E-state index is -0.597. The summed E-state index contributed by atoms with van der Waals surface area (Å²) in [6, 6.07) is 6.98. The molecule has 2 N–H and O–H groups in total. The van der Waals surface area contributed by atoms with E-state index in [2.05, 4.69) is 20.8 Å². The summed E-state index contributed by atoms with van der Waals surface area (Å²) in [7, 11) is 0. The highest BCUT2D eigenvalue weighted by Gasteiger charge is 2.38. The van der Waals surface area contributed by atoms with Gasteiger partial charge in [-0.1, -0.05) is 30.8 Å². The van der Waals surface area contributed by atoms with Gasteiger partial charge in [0.25, 0.3) is 5.91 Å². The lowest BCUT2D eigenvalue weighted by molar-refractivity contribution is -0.121. The smallest absolute Gasteiger partial charge is 0.253 e. The molecule has 9 nitrogen and oxygen atoms in total. The van der Waals surface area contributed by atoms with E-state index < -0.39 is 5.54 Å². The Kier molecular flexibility index (Phi) is 7.59. The first-order chi connectivity index (χ1) is 16.4. The van der Waals surface area contributed by atoms with Gasteiger partial charge in [0, 0.05) is 44.1 Å². The summed E-state index contributed by atoms with van der Waals surface area (Å²) in [5.41, 5.74) is 0.669. The van der Waals surface area contributed by atoms with Crippen molar-refractivity contribution in [1.82, 2.24) is 20.4 Å². The highest BCUT2D eigenvalue weighted by Crippen LogP contribution is 2.34. The van der Waals surface area contributed by atoms with Gasteiger partial charge in [-0.25, -0.2) is 0 Å². The van der Waals surface area contributed by atoms with E-state index in [0.29, 0.717) is 29.4 Å². The van der Waals surface area contributed by atoms with Gasteiger partial charge >= 0.3 is 0 Å². The molecule has 4 rings (SSSR count). The van der Waals surface area contributed by atoms with Crippen molar-refractivity contribution in [2.45, 2.75) is 76.7 Å². The molecule has 2 aliphatic rings. The molecule has 0 unspecified atom stereocenters. The number of amides is 3. The van der Waals surface area contributed by atoms with Crippen LogP contribution in [0, 0.1) is 0 Å². The van der Waals surface area contributed by atoms with Crippen molar-refractivity contribution < 1.29 is 18.9 Å². The molecule has 0 bridgehead atoms. The number of nitrogens with one attached hydrogen (secondary N) is 2. The number of carbonyl (C=O) groups excluding carboxylic acids is 3. The van der Waals surface area contributed by atoms with Gasteiger partial charge in [-0.05, 0) is 49.9 Å². The number of hydrogen-bond donors (Lipinski definition) is 2. The molecule has 0 spiro atoms. The van der Waals surface area contributed by atoms with E-state index in [1.807, 2.05) is 4.90 Å². The second kappa shape index (κ2) is 10.8. The quantitative estimate of drug-likeness (QED) is 0.601. The van der Waals surface area contributed by atoms with Crippen molar-refractivity contribution in [2.24, 2.45) is 0 Å². The van der Waals surface area contributed by atoms with E-state index in [1.54, 1.807) is 24.3 Å². The Morgan fingerprint density at radius 1 is 1.00 bits per heavy atom. The van der Waals surface area contributed by atoms with E-state index in [0.717, 1.165) is 64.5 Å². The van der Waals surface area contributed by atoms with Crippen molar-refractivity contribution in [1.29, 1.82) is 0 Å². The third-order valence-electron chi connectivity index (χ3n) is 6.64. The zero-order valence-corrected chi connectivity index (χ0v) is 19.8. The Bertz CT molecular complexity index is 1000. The van der Waals surface area contributed by atoms with Crippen LogP contribution in [-0.4, -0.2) is 45.9 Å². The van der Waals surface area contributed by atoms with E-state index >= 15 is 0 Å². The number of hydrogen-bond acceptors (Lipinski definition) is 6. The fourth-order valence-corrected chi connectivity index (χ4v) is 4.87. The third kappa shape index (κ3) is 5.81. The van der Waals surface area contributed by atoms with Crippen LogP contribution in [0.2, 0.25) is 0 Å². The summed E-state index contributed by atoms with van der Waals surface area (Å²) >= 11 is 0. The molecule has 1 aliphatic carbocycles. The molecule has 0 radical (unpaired) electrons. The number of rotatable bonds is 7. The molecule has 3 amide bonds. The molecule has 2 aromatic rings. The monoisotopic (exact) mass is 467 g/mol. The third-order valence-corrected chi connectivity index (χ3v) is 6.64. The van der Waals surface area contributed by atoms with Crippen molar-refractivity contribution in [3.8, 4) is 0 Å². The van der Waals surface area contributed by atoms with Gasteiger partial charge in [0.2, 0.25) is 17.7 Å². The topological polar surface area (TPSA) is 117 Å². The normalized spacial score (nSPS) is 17.7. The molecule has 34 heavy (non-hydrogen) atoms. The summed E-state index contributed by atoms with van der Waals surface area (Å²) in [4.78, 5) is 43.1. The number of anilines is 1. The van der Waals surface area contributed by atoms with E-state index in [4.69, 9.17) is 4.52 Å². The van der Waals surface area contributed by atoms with Crippen LogP contribution in [0.5, 0.6) is 0 Å².